The van der Waals surface area contributed by atoms with Crippen LogP contribution in [0, 0.1) is 17.1 Å². The van der Waals surface area contributed by atoms with E-state index in [1.165, 1.54) is 12.1 Å². The number of carbonyl (C=O) groups excluding carboxylic acids is 1. The van der Waals surface area contributed by atoms with Gasteiger partial charge in [0.05, 0.1) is 11.3 Å². The summed E-state index contributed by atoms with van der Waals surface area (Å²) in [5, 5.41) is 11.6. The van der Waals surface area contributed by atoms with Crippen LogP contribution in [0.2, 0.25) is 0 Å². The first-order valence-corrected chi connectivity index (χ1v) is 5.47. The van der Waals surface area contributed by atoms with E-state index in [9.17, 15) is 9.18 Å². The van der Waals surface area contributed by atoms with Crippen molar-refractivity contribution in [1.29, 1.82) is 5.26 Å². The van der Waals surface area contributed by atoms with E-state index in [0.29, 0.717) is 5.69 Å². The van der Waals surface area contributed by atoms with Crippen molar-refractivity contribution in [3.8, 4) is 6.07 Å². The predicted molar refractivity (Wildman–Crippen MR) is 65.4 cm³/mol. The van der Waals surface area contributed by atoms with Crippen molar-refractivity contribution in [3.63, 3.8) is 0 Å². The van der Waals surface area contributed by atoms with Crippen molar-refractivity contribution in [3.05, 3.63) is 29.6 Å². The average Bonchev–Trinajstić information content (AvgIpc) is 2.24. The summed E-state index contributed by atoms with van der Waals surface area (Å²) in [5.74, 6) is -0.926. The third-order valence-electron chi connectivity index (χ3n) is 1.95. The molecule has 1 aromatic rings. The molecular formula is C13H15FN2O2. The summed E-state index contributed by atoms with van der Waals surface area (Å²) in [5.41, 5.74) is 0.00269. The van der Waals surface area contributed by atoms with Crippen LogP contribution >= 0.6 is 0 Å². The van der Waals surface area contributed by atoms with Crippen LogP contribution in [0.5, 0.6) is 0 Å². The topological polar surface area (TPSA) is 62.1 Å². The summed E-state index contributed by atoms with van der Waals surface area (Å²) >= 11 is 0. The number of esters is 1. The van der Waals surface area contributed by atoms with Gasteiger partial charge in [0.25, 0.3) is 0 Å². The van der Waals surface area contributed by atoms with Crippen molar-refractivity contribution < 1.29 is 13.9 Å². The number of hydrogen-bond acceptors (Lipinski definition) is 4. The van der Waals surface area contributed by atoms with Crippen LogP contribution < -0.4 is 5.32 Å². The Labute approximate surface area is 105 Å². The molecule has 5 heteroatoms. The second-order valence-corrected chi connectivity index (χ2v) is 4.74. The quantitative estimate of drug-likeness (QED) is 0.837. The van der Waals surface area contributed by atoms with Crippen LogP contribution in [0.15, 0.2) is 18.2 Å². The number of nitriles is 1. The maximum absolute atomic E-state index is 12.9. The van der Waals surface area contributed by atoms with Gasteiger partial charge in [-0.05, 0) is 39.0 Å². The van der Waals surface area contributed by atoms with E-state index >= 15 is 0 Å². The lowest BCUT2D eigenvalue weighted by molar-refractivity contribution is -0.152. The van der Waals surface area contributed by atoms with Gasteiger partial charge in [0, 0.05) is 0 Å². The van der Waals surface area contributed by atoms with Crippen LogP contribution in [0.4, 0.5) is 10.1 Å². The molecule has 0 aliphatic carbocycles. The Morgan fingerprint density at radius 2 is 2.17 bits per heavy atom. The summed E-state index contributed by atoms with van der Waals surface area (Å²) in [7, 11) is 0. The van der Waals surface area contributed by atoms with Crippen molar-refractivity contribution in [1.82, 2.24) is 0 Å². The fraction of sp³-hybridized carbons (Fsp3) is 0.385. The third kappa shape index (κ3) is 4.42. The third-order valence-corrected chi connectivity index (χ3v) is 1.95. The number of anilines is 1. The lowest BCUT2D eigenvalue weighted by Crippen LogP contribution is -2.28. The molecule has 0 aromatic heterocycles. The largest absolute Gasteiger partial charge is 0.459 e. The van der Waals surface area contributed by atoms with Crippen LogP contribution in [-0.4, -0.2) is 18.1 Å². The first-order valence-electron chi connectivity index (χ1n) is 5.47. The average molecular weight is 250 g/mol. The highest BCUT2D eigenvalue weighted by Gasteiger charge is 2.16. The number of hydrogen-bond donors (Lipinski definition) is 1. The molecule has 0 aliphatic rings. The lowest BCUT2D eigenvalue weighted by Gasteiger charge is -2.19. The van der Waals surface area contributed by atoms with Gasteiger partial charge in [0.2, 0.25) is 0 Å². The second-order valence-electron chi connectivity index (χ2n) is 4.74. The smallest absolute Gasteiger partial charge is 0.325 e. The molecule has 96 valence electrons. The van der Waals surface area contributed by atoms with E-state index < -0.39 is 17.4 Å². The summed E-state index contributed by atoms with van der Waals surface area (Å²) < 4.78 is 18.0. The van der Waals surface area contributed by atoms with Gasteiger partial charge in [-0.2, -0.15) is 5.26 Å². The van der Waals surface area contributed by atoms with Gasteiger partial charge >= 0.3 is 5.97 Å². The van der Waals surface area contributed by atoms with E-state index in [2.05, 4.69) is 5.32 Å². The minimum absolute atomic E-state index is 0.0718. The Bertz CT molecular complexity index is 487. The Morgan fingerprint density at radius 3 is 2.72 bits per heavy atom. The molecule has 0 spiro atoms. The zero-order chi connectivity index (χ0) is 13.8. The number of carbonyl (C=O) groups is 1. The first-order chi connectivity index (χ1) is 8.31. The highest BCUT2D eigenvalue weighted by Crippen LogP contribution is 2.16. The summed E-state index contributed by atoms with van der Waals surface area (Å²) in [4.78, 5) is 11.5. The van der Waals surface area contributed by atoms with E-state index in [4.69, 9.17) is 10.00 Å². The highest BCUT2D eigenvalue weighted by molar-refractivity contribution is 5.76. The zero-order valence-electron chi connectivity index (χ0n) is 10.6. The number of nitrogens with one attached hydrogen (secondary N) is 1. The van der Waals surface area contributed by atoms with E-state index in [1.807, 2.05) is 6.07 Å². The van der Waals surface area contributed by atoms with Gasteiger partial charge in [-0.25, -0.2) is 4.39 Å². The number of halogens is 1. The van der Waals surface area contributed by atoms with Crippen LogP contribution in [0.3, 0.4) is 0 Å². The van der Waals surface area contributed by atoms with Crippen LogP contribution in [0.1, 0.15) is 26.3 Å². The second kappa shape index (κ2) is 5.50. The van der Waals surface area contributed by atoms with Gasteiger partial charge in [-0.15, -0.1) is 0 Å². The molecule has 1 N–H and O–H groups in total. The van der Waals surface area contributed by atoms with Crippen LogP contribution in [0.25, 0.3) is 0 Å². The van der Waals surface area contributed by atoms with Crippen molar-refractivity contribution in [2.75, 3.05) is 11.9 Å². The Hall–Kier alpha value is -2.09. The molecule has 0 heterocycles. The summed E-state index contributed by atoms with van der Waals surface area (Å²) in [6, 6.07) is 5.60. The maximum atomic E-state index is 12.9. The van der Waals surface area contributed by atoms with E-state index in [1.54, 1.807) is 20.8 Å². The minimum Gasteiger partial charge on any atom is -0.459 e. The standard InChI is InChI=1S/C13H15FN2O2/c1-13(2,3)18-12(17)8-16-11-5-4-10(14)6-9(11)7-15/h4-6,16H,8H2,1-3H3. The Morgan fingerprint density at radius 1 is 1.50 bits per heavy atom. The molecule has 0 fully saturated rings. The van der Waals surface area contributed by atoms with Crippen molar-refractivity contribution >= 4 is 11.7 Å². The Kier molecular flexibility index (Phi) is 4.27. The zero-order valence-corrected chi connectivity index (χ0v) is 10.6. The predicted octanol–water partition coefficient (Wildman–Crippen LogP) is 2.45. The maximum Gasteiger partial charge on any atom is 0.325 e. The van der Waals surface area contributed by atoms with Gasteiger partial charge < -0.3 is 10.1 Å². The molecular weight excluding hydrogens is 235 g/mol. The Balaban J connectivity index is 2.65. The van der Waals surface area contributed by atoms with Gasteiger partial charge in [-0.1, -0.05) is 0 Å². The molecule has 0 saturated carbocycles. The molecule has 1 aromatic carbocycles. The summed E-state index contributed by atoms with van der Waals surface area (Å²) in [6.45, 7) is 5.23. The molecule has 0 amide bonds. The first kappa shape index (κ1) is 14.0. The van der Waals surface area contributed by atoms with E-state index in [-0.39, 0.29) is 12.1 Å². The van der Waals surface area contributed by atoms with Crippen LogP contribution in [-0.2, 0) is 9.53 Å². The van der Waals surface area contributed by atoms with E-state index in [0.717, 1.165) is 6.07 Å². The number of benzene rings is 1. The molecule has 0 radical (unpaired) electrons. The molecule has 0 saturated heterocycles. The molecule has 1 rings (SSSR count). The molecule has 0 aliphatic heterocycles. The molecule has 4 nitrogen and oxygen atoms in total. The minimum atomic E-state index is -0.556. The SMILES string of the molecule is CC(C)(C)OC(=O)CNc1ccc(F)cc1C#N. The highest BCUT2D eigenvalue weighted by atomic mass is 19.1. The van der Waals surface area contributed by atoms with Crippen molar-refractivity contribution in [2.24, 2.45) is 0 Å². The van der Waals surface area contributed by atoms with Gasteiger partial charge in [-0.3, -0.25) is 4.79 Å². The molecule has 0 atom stereocenters. The van der Waals surface area contributed by atoms with Crippen molar-refractivity contribution in [2.45, 2.75) is 26.4 Å². The number of nitrogens with zero attached hydrogens (tertiary/aromatic N) is 1. The molecule has 18 heavy (non-hydrogen) atoms. The normalized spacial score (nSPS) is 10.6. The number of ether oxygens (including phenoxy) is 1. The lowest BCUT2D eigenvalue weighted by atomic mass is 10.2. The summed E-state index contributed by atoms with van der Waals surface area (Å²) in [6.07, 6.45) is 0. The fourth-order valence-corrected chi connectivity index (χ4v) is 1.31. The van der Waals surface area contributed by atoms with Gasteiger partial charge in [0.15, 0.2) is 0 Å². The van der Waals surface area contributed by atoms with Gasteiger partial charge in [0.1, 0.15) is 24.0 Å². The molecule has 0 unspecified atom stereocenters. The fourth-order valence-electron chi connectivity index (χ4n) is 1.31. The monoisotopic (exact) mass is 250 g/mol. The molecule has 0 bridgehead atoms. The number of rotatable bonds is 3.